The van der Waals surface area contributed by atoms with E-state index in [4.69, 9.17) is 14.6 Å². The van der Waals surface area contributed by atoms with Crippen LogP contribution in [0.25, 0.3) is 5.65 Å². The van der Waals surface area contributed by atoms with Gasteiger partial charge >= 0.3 is 12.1 Å². The van der Waals surface area contributed by atoms with Gasteiger partial charge in [0, 0.05) is 44.6 Å². The number of fused-ring (bicyclic) bond motifs is 1. The second-order valence-corrected chi connectivity index (χ2v) is 7.17. The lowest BCUT2D eigenvalue weighted by molar-refractivity contribution is -0.192. The summed E-state index contributed by atoms with van der Waals surface area (Å²) in [6, 6.07) is 5.36. The van der Waals surface area contributed by atoms with E-state index in [1.54, 1.807) is 22.7 Å². The summed E-state index contributed by atoms with van der Waals surface area (Å²) < 4.78 is 38.9. The Morgan fingerprint density at radius 1 is 1.18 bits per heavy atom. The third kappa shape index (κ3) is 6.10. The molecular weight excluding hydrogens is 459 g/mol. The molecule has 0 radical (unpaired) electrons. The molecule has 0 aliphatic carbocycles. The van der Waals surface area contributed by atoms with Crippen LogP contribution in [0.4, 0.5) is 24.8 Å². The van der Waals surface area contributed by atoms with Gasteiger partial charge in [-0.2, -0.15) is 13.2 Å². The Labute approximate surface area is 191 Å². The van der Waals surface area contributed by atoms with Crippen LogP contribution >= 0.6 is 0 Å². The molecule has 3 aromatic rings. The number of carboxylic acid groups (broad SMARTS) is 1. The second kappa shape index (κ2) is 10.3. The number of aromatic nitrogens is 4. The van der Waals surface area contributed by atoms with Crippen molar-refractivity contribution in [3.63, 3.8) is 0 Å². The number of hydrogen-bond donors (Lipinski definition) is 3. The van der Waals surface area contributed by atoms with Gasteiger partial charge < -0.3 is 29.8 Å². The van der Waals surface area contributed by atoms with E-state index in [0.29, 0.717) is 17.1 Å². The smallest absolute Gasteiger partial charge is 0.490 e. The lowest BCUT2D eigenvalue weighted by Gasteiger charge is -2.27. The van der Waals surface area contributed by atoms with E-state index in [1.165, 1.54) is 7.11 Å². The monoisotopic (exact) mass is 481 g/mol. The molecule has 1 fully saturated rings. The predicted octanol–water partition coefficient (Wildman–Crippen LogP) is 1.74. The van der Waals surface area contributed by atoms with E-state index in [0.717, 1.165) is 43.3 Å². The number of carbonyl (C=O) groups excluding carboxylic acids is 1. The summed E-state index contributed by atoms with van der Waals surface area (Å²) in [7, 11) is 1.53. The Hall–Kier alpha value is -3.94. The number of nitrogens with zero attached hydrogens (tertiary/aromatic N) is 5. The quantitative estimate of drug-likeness (QED) is 0.509. The maximum absolute atomic E-state index is 12.7. The van der Waals surface area contributed by atoms with Gasteiger partial charge in [0.05, 0.1) is 18.4 Å². The molecule has 1 saturated heterocycles. The van der Waals surface area contributed by atoms with E-state index in [9.17, 15) is 18.0 Å². The highest BCUT2D eigenvalue weighted by Crippen LogP contribution is 2.22. The molecule has 4 rings (SSSR count). The van der Waals surface area contributed by atoms with E-state index in [-0.39, 0.29) is 5.91 Å². The van der Waals surface area contributed by atoms with E-state index < -0.39 is 12.1 Å². The average Bonchev–Trinajstić information content (AvgIpc) is 3.18. The molecule has 3 aromatic heterocycles. The lowest BCUT2D eigenvalue weighted by Crippen LogP contribution is -2.43. The van der Waals surface area contributed by atoms with Gasteiger partial charge in [0.25, 0.3) is 5.91 Å². The fourth-order valence-corrected chi connectivity index (χ4v) is 3.12. The Bertz CT molecular complexity index is 1160. The van der Waals surface area contributed by atoms with Crippen molar-refractivity contribution in [2.75, 3.05) is 43.5 Å². The molecule has 0 atom stereocenters. The number of halogens is 3. The van der Waals surface area contributed by atoms with Crippen LogP contribution in [0, 0.1) is 6.92 Å². The van der Waals surface area contributed by atoms with Gasteiger partial charge in [-0.3, -0.25) is 4.79 Å². The molecule has 182 valence electrons. The molecule has 14 heteroatoms. The molecule has 1 aliphatic rings. The number of alkyl halides is 3. The number of hydrogen-bond acceptors (Lipinski definition) is 8. The summed E-state index contributed by atoms with van der Waals surface area (Å²) >= 11 is 0. The number of imidazole rings is 1. The minimum absolute atomic E-state index is 0.315. The van der Waals surface area contributed by atoms with Crippen molar-refractivity contribution in [2.45, 2.75) is 13.1 Å². The lowest BCUT2D eigenvalue weighted by atomic mass is 10.2. The zero-order valence-corrected chi connectivity index (χ0v) is 18.3. The molecule has 11 nitrogen and oxygen atoms in total. The molecule has 0 bridgehead atoms. The molecule has 0 saturated carbocycles. The summed E-state index contributed by atoms with van der Waals surface area (Å²) in [5.41, 5.74) is 1.99. The van der Waals surface area contributed by atoms with Gasteiger partial charge in [-0.15, -0.1) is 10.2 Å². The standard InChI is InChI=1S/C18H21N7O2.C2HF3O2/c1-12-10-25-11-13(14(27-2)9-17(25)20-12)18(26)21-15-3-4-16(23-22-15)24-7-5-19-6-8-24;3-2(4,5)1(6)7/h3-4,9-11,19H,5-8H2,1-2H3,(H,21,22,26);(H,6,7). The Morgan fingerprint density at radius 3 is 2.41 bits per heavy atom. The highest BCUT2D eigenvalue weighted by Gasteiger charge is 2.38. The van der Waals surface area contributed by atoms with Crippen LogP contribution in [0.15, 0.2) is 30.6 Å². The molecule has 0 spiro atoms. The molecule has 0 aromatic carbocycles. The zero-order valence-electron chi connectivity index (χ0n) is 18.3. The molecule has 1 amide bonds. The molecule has 1 aliphatic heterocycles. The van der Waals surface area contributed by atoms with Gasteiger partial charge in [0.1, 0.15) is 11.4 Å². The number of nitrogens with one attached hydrogen (secondary N) is 2. The number of methoxy groups -OCH3 is 1. The van der Waals surface area contributed by atoms with Crippen molar-refractivity contribution < 1.29 is 32.6 Å². The molecule has 0 unspecified atom stereocenters. The van der Waals surface area contributed by atoms with Gasteiger partial charge in [-0.1, -0.05) is 0 Å². The maximum atomic E-state index is 12.7. The van der Waals surface area contributed by atoms with E-state index in [2.05, 4.69) is 30.7 Å². The van der Waals surface area contributed by atoms with Crippen LogP contribution in [0.2, 0.25) is 0 Å². The summed E-state index contributed by atoms with van der Waals surface area (Å²) in [4.78, 5) is 28.2. The first kappa shape index (κ1) is 24.7. The van der Waals surface area contributed by atoms with Crippen molar-refractivity contribution >= 4 is 29.2 Å². The number of pyridine rings is 1. The zero-order chi connectivity index (χ0) is 24.9. The first-order valence-corrected chi connectivity index (χ1v) is 10.0. The number of piperazine rings is 1. The molecular formula is C20H22F3N7O4. The summed E-state index contributed by atoms with van der Waals surface area (Å²) in [5, 5.41) is 21.6. The fourth-order valence-electron chi connectivity index (χ4n) is 3.12. The first-order chi connectivity index (χ1) is 16.1. The SMILES string of the molecule is COc1cc2nc(C)cn2cc1C(=O)Nc1ccc(N2CCNCC2)nn1.O=C(O)C(F)(F)F. The number of ether oxygens (including phenoxy) is 1. The van der Waals surface area contributed by atoms with Crippen molar-refractivity contribution in [1.29, 1.82) is 0 Å². The van der Waals surface area contributed by atoms with Crippen LogP contribution < -0.4 is 20.3 Å². The van der Waals surface area contributed by atoms with Crippen LogP contribution in [0.3, 0.4) is 0 Å². The summed E-state index contributed by atoms with van der Waals surface area (Å²) in [5.74, 6) is -1.42. The number of carboxylic acids is 1. The molecule has 34 heavy (non-hydrogen) atoms. The van der Waals surface area contributed by atoms with Gasteiger partial charge in [0.15, 0.2) is 11.6 Å². The second-order valence-electron chi connectivity index (χ2n) is 7.17. The van der Waals surface area contributed by atoms with Crippen LogP contribution in [-0.4, -0.2) is 76.0 Å². The number of rotatable bonds is 4. The van der Waals surface area contributed by atoms with Gasteiger partial charge in [-0.05, 0) is 19.1 Å². The Kier molecular flexibility index (Phi) is 7.50. The van der Waals surface area contributed by atoms with Crippen LogP contribution in [0.1, 0.15) is 16.1 Å². The molecule has 3 N–H and O–H groups in total. The highest BCUT2D eigenvalue weighted by molar-refractivity contribution is 6.05. The first-order valence-electron chi connectivity index (χ1n) is 10.0. The topological polar surface area (TPSA) is 134 Å². The van der Waals surface area contributed by atoms with E-state index >= 15 is 0 Å². The largest absolute Gasteiger partial charge is 0.496 e. The van der Waals surface area contributed by atoms with E-state index in [1.807, 2.05) is 19.2 Å². The third-order valence-electron chi connectivity index (χ3n) is 4.72. The highest BCUT2D eigenvalue weighted by atomic mass is 19.4. The number of anilines is 2. The van der Waals surface area contributed by atoms with Crippen molar-refractivity contribution in [1.82, 2.24) is 24.9 Å². The summed E-state index contributed by atoms with van der Waals surface area (Å²) in [6.45, 7) is 5.53. The minimum atomic E-state index is -5.08. The Balaban J connectivity index is 0.000000406. The Morgan fingerprint density at radius 2 is 1.85 bits per heavy atom. The third-order valence-corrected chi connectivity index (χ3v) is 4.72. The van der Waals surface area contributed by atoms with Crippen LogP contribution in [0.5, 0.6) is 5.75 Å². The number of amides is 1. The average molecular weight is 481 g/mol. The van der Waals surface area contributed by atoms with Crippen molar-refractivity contribution in [2.24, 2.45) is 0 Å². The van der Waals surface area contributed by atoms with Crippen molar-refractivity contribution in [3.8, 4) is 5.75 Å². The number of aryl methyl sites for hydroxylation is 1. The summed E-state index contributed by atoms with van der Waals surface area (Å²) in [6.07, 6.45) is -1.53. The predicted molar refractivity (Wildman–Crippen MR) is 115 cm³/mol. The van der Waals surface area contributed by atoms with Crippen LogP contribution in [-0.2, 0) is 4.79 Å². The van der Waals surface area contributed by atoms with Gasteiger partial charge in [0.2, 0.25) is 0 Å². The number of carbonyl (C=O) groups is 2. The molecule has 4 heterocycles. The van der Waals surface area contributed by atoms with Gasteiger partial charge in [-0.25, -0.2) is 9.78 Å². The maximum Gasteiger partial charge on any atom is 0.490 e. The normalized spacial score (nSPS) is 13.7. The number of aliphatic carboxylic acids is 1. The fraction of sp³-hybridized carbons (Fsp3) is 0.350. The minimum Gasteiger partial charge on any atom is -0.496 e. The van der Waals surface area contributed by atoms with Crippen molar-refractivity contribution in [3.05, 3.63) is 41.9 Å².